The molecule has 6 heteroatoms. The molecule has 5 nitrogen and oxygen atoms in total. The first kappa shape index (κ1) is 17.9. The number of anilines is 1. The van der Waals surface area contributed by atoms with E-state index in [0.29, 0.717) is 29.4 Å². The summed E-state index contributed by atoms with van der Waals surface area (Å²) in [6, 6.07) is 15.2. The van der Waals surface area contributed by atoms with Crippen LogP contribution in [-0.2, 0) is 6.61 Å². The Morgan fingerprint density at radius 3 is 2.62 bits per heavy atom. The van der Waals surface area contributed by atoms with Crippen molar-refractivity contribution in [2.45, 2.75) is 12.7 Å². The fourth-order valence-electron chi connectivity index (χ4n) is 2.09. The lowest BCUT2D eigenvalue weighted by Crippen LogP contribution is -2.21. The molecule has 1 unspecified atom stereocenters. The highest BCUT2D eigenvalue weighted by atomic mass is 35.5. The number of hydrogen-bond donors (Lipinski definition) is 2. The second kappa shape index (κ2) is 9.02. The molecule has 2 N–H and O–H groups in total. The molecule has 0 radical (unpaired) electrons. The summed E-state index contributed by atoms with van der Waals surface area (Å²) in [5.74, 6) is 1.11. The van der Waals surface area contributed by atoms with Gasteiger partial charge in [0, 0.05) is 18.7 Å². The van der Waals surface area contributed by atoms with Gasteiger partial charge in [-0.05, 0) is 5.56 Å². The summed E-state index contributed by atoms with van der Waals surface area (Å²) in [5.41, 5.74) is 1.99. The number of aliphatic hydroxyl groups is 1. The first-order chi connectivity index (χ1) is 11.7. The maximum Gasteiger partial charge on any atom is 0.163 e. The fourth-order valence-corrected chi connectivity index (χ4v) is 2.20. The molecule has 0 bridgehead atoms. The monoisotopic (exact) mass is 346 g/mol. The third kappa shape index (κ3) is 4.79. The average molecular weight is 347 g/mol. The van der Waals surface area contributed by atoms with Gasteiger partial charge in [-0.1, -0.05) is 30.3 Å². The molecule has 24 heavy (non-hydrogen) atoms. The molecule has 2 rings (SSSR count). The van der Waals surface area contributed by atoms with E-state index in [9.17, 15) is 10.4 Å². The summed E-state index contributed by atoms with van der Waals surface area (Å²) in [6.45, 7) is 0.621. The Hall–Kier alpha value is -2.42. The molecule has 0 aliphatic heterocycles. The molecule has 0 amide bonds. The van der Waals surface area contributed by atoms with Crippen LogP contribution in [0.25, 0.3) is 0 Å². The SMILES string of the molecule is COc1cc(C#N)c(NCC(O)CCl)cc1OCc1ccccc1. The van der Waals surface area contributed by atoms with E-state index in [1.807, 2.05) is 30.3 Å². The van der Waals surface area contributed by atoms with Crippen LogP contribution in [0.4, 0.5) is 5.69 Å². The van der Waals surface area contributed by atoms with Gasteiger partial charge in [-0.3, -0.25) is 0 Å². The highest BCUT2D eigenvalue weighted by molar-refractivity contribution is 6.18. The minimum absolute atomic E-state index is 0.113. The van der Waals surface area contributed by atoms with Crippen LogP contribution >= 0.6 is 11.6 Å². The average Bonchev–Trinajstić information content (AvgIpc) is 2.64. The van der Waals surface area contributed by atoms with E-state index in [1.54, 1.807) is 12.1 Å². The van der Waals surface area contributed by atoms with Crippen molar-refractivity contribution in [3.05, 3.63) is 53.6 Å². The number of ether oxygens (including phenoxy) is 2. The molecule has 0 spiro atoms. The highest BCUT2D eigenvalue weighted by Crippen LogP contribution is 2.34. The summed E-state index contributed by atoms with van der Waals surface area (Å²) in [5, 5.41) is 21.9. The fraction of sp³-hybridized carbons (Fsp3) is 0.278. The molecule has 0 aliphatic carbocycles. The zero-order valence-electron chi connectivity index (χ0n) is 13.3. The first-order valence-electron chi connectivity index (χ1n) is 7.44. The van der Waals surface area contributed by atoms with Crippen molar-refractivity contribution in [3.63, 3.8) is 0 Å². The van der Waals surface area contributed by atoms with E-state index in [2.05, 4.69) is 11.4 Å². The normalized spacial score (nSPS) is 11.4. The molecular formula is C18H19ClN2O3. The summed E-state index contributed by atoms with van der Waals surface area (Å²) >= 11 is 5.59. The predicted octanol–water partition coefficient (Wildman–Crippen LogP) is 3.16. The molecule has 2 aromatic carbocycles. The summed E-state index contributed by atoms with van der Waals surface area (Å²) in [7, 11) is 1.52. The molecule has 0 heterocycles. The van der Waals surface area contributed by atoms with Crippen molar-refractivity contribution in [1.82, 2.24) is 0 Å². The number of alkyl halides is 1. The van der Waals surface area contributed by atoms with E-state index < -0.39 is 6.10 Å². The number of nitriles is 1. The van der Waals surface area contributed by atoms with Crippen molar-refractivity contribution in [2.75, 3.05) is 24.9 Å². The van der Waals surface area contributed by atoms with Gasteiger partial charge in [-0.15, -0.1) is 11.6 Å². The standard InChI is InChI=1S/C18H19ClN2O3/c1-23-17-7-14(10-20)16(21-11-15(22)9-19)8-18(17)24-12-13-5-3-2-4-6-13/h2-8,15,21-22H,9,11-12H2,1H3. The second-order valence-electron chi connectivity index (χ2n) is 5.12. The Bertz CT molecular complexity index is 701. The molecule has 0 fully saturated rings. The number of benzene rings is 2. The van der Waals surface area contributed by atoms with Crippen LogP contribution in [0.15, 0.2) is 42.5 Å². The summed E-state index contributed by atoms with van der Waals surface area (Å²) in [4.78, 5) is 0. The molecule has 2 aromatic rings. The molecular weight excluding hydrogens is 328 g/mol. The maximum absolute atomic E-state index is 9.57. The van der Waals surface area contributed by atoms with E-state index in [-0.39, 0.29) is 12.4 Å². The lowest BCUT2D eigenvalue weighted by molar-refractivity contribution is 0.211. The molecule has 0 aliphatic rings. The van der Waals surface area contributed by atoms with Crippen LogP contribution in [0, 0.1) is 11.3 Å². The summed E-state index contributed by atoms with van der Waals surface area (Å²) < 4.78 is 11.1. The van der Waals surface area contributed by atoms with Gasteiger partial charge in [0.05, 0.1) is 30.3 Å². The third-order valence-corrected chi connectivity index (χ3v) is 3.72. The van der Waals surface area contributed by atoms with Crippen molar-refractivity contribution >= 4 is 17.3 Å². The Kier molecular flexibility index (Phi) is 6.74. The third-order valence-electron chi connectivity index (χ3n) is 3.37. The van der Waals surface area contributed by atoms with Crippen LogP contribution in [0.1, 0.15) is 11.1 Å². The Morgan fingerprint density at radius 1 is 1.25 bits per heavy atom. The zero-order valence-corrected chi connectivity index (χ0v) is 14.1. The Labute approximate surface area is 146 Å². The number of halogens is 1. The second-order valence-corrected chi connectivity index (χ2v) is 5.43. The van der Waals surface area contributed by atoms with E-state index >= 15 is 0 Å². The molecule has 0 saturated heterocycles. The molecule has 1 atom stereocenters. The van der Waals surface area contributed by atoms with Gasteiger partial charge in [-0.2, -0.15) is 5.26 Å². The number of rotatable bonds is 8. The van der Waals surface area contributed by atoms with Gasteiger partial charge >= 0.3 is 0 Å². The minimum Gasteiger partial charge on any atom is -0.493 e. The Morgan fingerprint density at radius 2 is 2.00 bits per heavy atom. The molecule has 0 saturated carbocycles. The maximum atomic E-state index is 9.57. The van der Waals surface area contributed by atoms with Crippen LogP contribution < -0.4 is 14.8 Å². The highest BCUT2D eigenvalue weighted by Gasteiger charge is 2.13. The topological polar surface area (TPSA) is 74.5 Å². The Balaban J connectivity index is 2.20. The number of nitrogens with one attached hydrogen (secondary N) is 1. The van der Waals surface area contributed by atoms with Crippen LogP contribution in [0.2, 0.25) is 0 Å². The van der Waals surface area contributed by atoms with E-state index in [0.717, 1.165) is 5.56 Å². The minimum atomic E-state index is -0.700. The van der Waals surface area contributed by atoms with Crippen molar-refractivity contribution in [3.8, 4) is 17.6 Å². The molecule has 126 valence electrons. The van der Waals surface area contributed by atoms with Gasteiger partial charge in [-0.25, -0.2) is 0 Å². The van der Waals surface area contributed by atoms with Gasteiger partial charge in [0.15, 0.2) is 11.5 Å². The smallest absolute Gasteiger partial charge is 0.163 e. The van der Waals surface area contributed by atoms with Crippen LogP contribution in [0.3, 0.4) is 0 Å². The molecule has 0 aromatic heterocycles. The zero-order chi connectivity index (χ0) is 17.4. The quantitative estimate of drug-likeness (QED) is 0.718. The summed E-state index contributed by atoms with van der Waals surface area (Å²) in [6.07, 6.45) is -0.700. The first-order valence-corrected chi connectivity index (χ1v) is 7.98. The van der Waals surface area contributed by atoms with Gasteiger partial charge in [0.25, 0.3) is 0 Å². The lowest BCUT2D eigenvalue weighted by atomic mass is 10.1. The van der Waals surface area contributed by atoms with Crippen molar-refractivity contribution < 1.29 is 14.6 Å². The largest absolute Gasteiger partial charge is 0.493 e. The van der Waals surface area contributed by atoms with Crippen LogP contribution in [-0.4, -0.2) is 30.7 Å². The predicted molar refractivity (Wildman–Crippen MR) is 93.7 cm³/mol. The van der Waals surface area contributed by atoms with Gasteiger partial charge in [0.2, 0.25) is 0 Å². The van der Waals surface area contributed by atoms with E-state index in [1.165, 1.54) is 7.11 Å². The lowest BCUT2D eigenvalue weighted by Gasteiger charge is -2.16. The number of nitrogens with zero attached hydrogens (tertiary/aromatic N) is 1. The van der Waals surface area contributed by atoms with Gasteiger partial charge in [0.1, 0.15) is 12.7 Å². The van der Waals surface area contributed by atoms with E-state index in [4.69, 9.17) is 21.1 Å². The van der Waals surface area contributed by atoms with Crippen LogP contribution in [0.5, 0.6) is 11.5 Å². The van der Waals surface area contributed by atoms with Gasteiger partial charge < -0.3 is 19.9 Å². The number of hydrogen-bond acceptors (Lipinski definition) is 5. The van der Waals surface area contributed by atoms with Crippen molar-refractivity contribution in [1.29, 1.82) is 5.26 Å². The number of methoxy groups -OCH3 is 1. The van der Waals surface area contributed by atoms with Crippen molar-refractivity contribution in [2.24, 2.45) is 0 Å². The number of aliphatic hydroxyl groups excluding tert-OH is 1.